The number of carbonyl (C=O) groups excluding carboxylic acids is 1. The van der Waals surface area contributed by atoms with Crippen LogP contribution < -0.4 is 24.8 Å². The monoisotopic (exact) mass is 348 g/mol. The van der Waals surface area contributed by atoms with Crippen molar-refractivity contribution in [2.45, 2.75) is 6.42 Å². The van der Waals surface area contributed by atoms with Crippen LogP contribution in [-0.2, 0) is 6.42 Å². The first-order valence-corrected chi connectivity index (χ1v) is 7.66. The molecule has 2 aromatic rings. The maximum Gasteiger partial charge on any atom is 0.319 e. The molecule has 0 aliphatic heterocycles. The Morgan fingerprint density at radius 2 is 1.68 bits per heavy atom. The summed E-state index contributed by atoms with van der Waals surface area (Å²) < 4.78 is 29.0. The number of methoxy groups -OCH3 is 3. The van der Waals surface area contributed by atoms with Gasteiger partial charge in [0, 0.05) is 18.3 Å². The van der Waals surface area contributed by atoms with Gasteiger partial charge in [-0.1, -0.05) is 6.07 Å². The fourth-order valence-electron chi connectivity index (χ4n) is 2.34. The van der Waals surface area contributed by atoms with Gasteiger partial charge in [0.2, 0.25) is 0 Å². The molecule has 0 fully saturated rings. The molecule has 6 nitrogen and oxygen atoms in total. The smallest absolute Gasteiger partial charge is 0.319 e. The second kappa shape index (κ2) is 8.77. The molecule has 2 aromatic carbocycles. The Balaban J connectivity index is 1.95. The van der Waals surface area contributed by atoms with E-state index in [-0.39, 0.29) is 0 Å². The van der Waals surface area contributed by atoms with Crippen LogP contribution in [0.4, 0.5) is 14.9 Å². The van der Waals surface area contributed by atoms with Crippen LogP contribution in [0.15, 0.2) is 36.4 Å². The van der Waals surface area contributed by atoms with Gasteiger partial charge in [-0.2, -0.15) is 0 Å². The number of anilines is 1. The van der Waals surface area contributed by atoms with Crippen molar-refractivity contribution in [3.05, 3.63) is 47.8 Å². The van der Waals surface area contributed by atoms with Crippen LogP contribution in [0.5, 0.6) is 17.2 Å². The zero-order valence-electron chi connectivity index (χ0n) is 14.4. The molecule has 0 bridgehead atoms. The Morgan fingerprint density at radius 1 is 1.00 bits per heavy atom. The molecular weight excluding hydrogens is 327 g/mol. The van der Waals surface area contributed by atoms with Crippen LogP contribution in [0.1, 0.15) is 5.56 Å². The minimum Gasteiger partial charge on any atom is -0.496 e. The number of carbonyl (C=O) groups is 1. The fourth-order valence-corrected chi connectivity index (χ4v) is 2.34. The Labute approximate surface area is 145 Å². The van der Waals surface area contributed by atoms with Crippen molar-refractivity contribution in [3.63, 3.8) is 0 Å². The van der Waals surface area contributed by atoms with Gasteiger partial charge in [0.1, 0.15) is 11.6 Å². The van der Waals surface area contributed by atoms with Crippen molar-refractivity contribution < 1.29 is 23.4 Å². The molecule has 0 radical (unpaired) electrons. The third kappa shape index (κ3) is 5.00. The first-order chi connectivity index (χ1) is 12.1. The van der Waals surface area contributed by atoms with Gasteiger partial charge in [-0.25, -0.2) is 9.18 Å². The van der Waals surface area contributed by atoms with E-state index in [4.69, 9.17) is 14.2 Å². The van der Waals surface area contributed by atoms with Crippen molar-refractivity contribution in [3.8, 4) is 17.2 Å². The quantitative estimate of drug-likeness (QED) is 0.806. The second-order valence-corrected chi connectivity index (χ2v) is 5.16. The minimum atomic E-state index is -0.412. The summed E-state index contributed by atoms with van der Waals surface area (Å²) in [6, 6.07) is 8.83. The van der Waals surface area contributed by atoms with E-state index in [9.17, 15) is 9.18 Å². The zero-order chi connectivity index (χ0) is 18.2. The number of halogens is 1. The molecule has 0 atom stereocenters. The molecule has 0 aliphatic carbocycles. The summed E-state index contributed by atoms with van der Waals surface area (Å²) in [5, 5.41) is 5.29. The highest BCUT2D eigenvalue weighted by Gasteiger charge is 2.12. The van der Waals surface area contributed by atoms with E-state index in [2.05, 4.69) is 10.6 Å². The normalized spacial score (nSPS) is 10.1. The van der Waals surface area contributed by atoms with Gasteiger partial charge in [0.15, 0.2) is 11.5 Å². The summed E-state index contributed by atoms with van der Waals surface area (Å²) in [5.74, 6) is 1.39. The molecule has 0 spiro atoms. The highest BCUT2D eigenvalue weighted by atomic mass is 19.1. The predicted molar refractivity (Wildman–Crippen MR) is 93.2 cm³/mol. The Hall–Kier alpha value is -2.96. The lowest BCUT2D eigenvalue weighted by Crippen LogP contribution is -2.30. The van der Waals surface area contributed by atoms with E-state index in [1.165, 1.54) is 18.2 Å². The van der Waals surface area contributed by atoms with E-state index >= 15 is 0 Å². The molecule has 0 heterocycles. The van der Waals surface area contributed by atoms with Crippen LogP contribution in [-0.4, -0.2) is 33.9 Å². The molecule has 2 N–H and O–H groups in total. The van der Waals surface area contributed by atoms with Crippen LogP contribution >= 0.6 is 0 Å². The molecule has 2 amide bonds. The van der Waals surface area contributed by atoms with Gasteiger partial charge in [0.25, 0.3) is 0 Å². The SMILES string of the molecule is COc1cc(OC)c(OC)cc1CCNC(=O)Nc1cccc(F)c1. The number of ether oxygens (including phenoxy) is 3. The summed E-state index contributed by atoms with van der Waals surface area (Å²) in [4.78, 5) is 11.9. The third-order valence-corrected chi connectivity index (χ3v) is 3.55. The van der Waals surface area contributed by atoms with Crippen molar-refractivity contribution in [1.29, 1.82) is 0 Å². The first-order valence-electron chi connectivity index (χ1n) is 7.66. The zero-order valence-corrected chi connectivity index (χ0v) is 14.4. The van der Waals surface area contributed by atoms with Gasteiger partial charge in [-0.05, 0) is 36.2 Å². The molecule has 25 heavy (non-hydrogen) atoms. The summed E-state index contributed by atoms with van der Waals surface area (Å²) in [6.45, 7) is 0.368. The molecule has 0 aromatic heterocycles. The van der Waals surface area contributed by atoms with Crippen molar-refractivity contribution in [2.75, 3.05) is 33.2 Å². The van der Waals surface area contributed by atoms with Crippen LogP contribution in [0.2, 0.25) is 0 Å². The van der Waals surface area contributed by atoms with E-state index in [0.29, 0.717) is 35.9 Å². The fraction of sp³-hybridized carbons (Fsp3) is 0.278. The maximum absolute atomic E-state index is 13.1. The lowest BCUT2D eigenvalue weighted by atomic mass is 10.1. The Bertz CT molecular complexity index is 737. The van der Waals surface area contributed by atoms with Crippen molar-refractivity contribution in [2.24, 2.45) is 0 Å². The lowest BCUT2D eigenvalue weighted by Gasteiger charge is -2.14. The van der Waals surface area contributed by atoms with Crippen molar-refractivity contribution >= 4 is 11.7 Å². The van der Waals surface area contributed by atoms with Crippen LogP contribution in [0.25, 0.3) is 0 Å². The van der Waals surface area contributed by atoms with Gasteiger partial charge in [-0.3, -0.25) is 0 Å². The third-order valence-electron chi connectivity index (χ3n) is 3.55. The molecule has 0 saturated heterocycles. The van der Waals surface area contributed by atoms with Crippen molar-refractivity contribution in [1.82, 2.24) is 5.32 Å². The first kappa shape index (κ1) is 18.4. The topological polar surface area (TPSA) is 68.8 Å². The van der Waals surface area contributed by atoms with Gasteiger partial charge < -0.3 is 24.8 Å². The Kier molecular flexibility index (Phi) is 6.45. The molecule has 0 saturated carbocycles. The summed E-state index contributed by atoms with van der Waals surface area (Å²) in [7, 11) is 4.67. The average Bonchev–Trinajstić information content (AvgIpc) is 2.61. The summed E-state index contributed by atoms with van der Waals surface area (Å²) >= 11 is 0. The number of nitrogens with one attached hydrogen (secondary N) is 2. The number of urea groups is 1. The summed E-state index contributed by atoms with van der Waals surface area (Å²) in [5.41, 5.74) is 1.26. The number of hydrogen-bond donors (Lipinski definition) is 2. The number of rotatable bonds is 7. The largest absolute Gasteiger partial charge is 0.496 e. The number of hydrogen-bond acceptors (Lipinski definition) is 4. The number of amides is 2. The lowest BCUT2D eigenvalue weighted by molar-refractivity contribution is 0.252. The molecule has 0 aliphatic rings. The minimum absolute atomic E-state index is 0.368. The van der Waals surface area contributed by atoms with Gasteiger partial charge >= 0.3 is 6.03 Å². The Morgan fingerprint density at radius 3 is 2.32 bits per heavy atom. The van der Waals surface area contributed by atoms with Gasteiger partial charge in [-0.15, -0.1) is 0 Å². The van der Waals surface area contributed by atoms with E-state index in [1.54, 1.807) is 33.5 Å². The van der Waals surface area contributed by atoms with E-state index < -0.39 is 11.8 Å². The van der Waals surface area contributed by atoms with Crippen LogP contribution in [0.3, 0.4) is 0 Å². The average molecular weight is 348 g/mol. The predicted octanol–water partition coefficient (Wildman–Crippen LogP) is 3.22. The van der Waals surface area contributed by atoms with Crippen LogP contribution in [0, 0.1) is 5.82 Å². The number of benzene rings is 2. The van der Waals surface area contributed by atoms with E-state index in [1.807, 2.05) is 6.07 Å². The highest BCUT2D eigenvalue weighted by molar-refractivity contribution is 5.89. The molecule has 0 unspecified atom stereocenters. The maximum atomic E-state index is 13.1. The van der Waals surface area contributed by atoms with Gasteiger partial charge in [0.05, 0.1) is 21.3 Å². The molecule has 2 rings (SSSR count). The summed E-state index contributed by atoms with van der Waals surface area (Å²) in [6.07, 6.45) is 0.528. The molecule has 134 valence electrons. The standard InChI is InChI=1S/C18H21FN2O4/c1-23-15-11-17(25-3)16(24-2)9-12(15)7-8-20-18(22)21-14-6-4-5-13(19)10-14/h4-6,9-11H,7-8H2,1-3H3,(H2,20,21,22). The second-order valence-electron chi connectivity index (χ2n) is 5.16. The molecule has 7 heteroatoms. The van der Waals surface area contributed by atoms with E-state index in [0.717, 1.165) is 5.56 Å². The highest BCUT2D eigenvalue weighted by Crippen LogP contribution is 2.34. The molecular formula is C18H21FN2O4.